The minimum absolute atomic E-state index is 0.636. The molecule has 18 heavy (non-hydrogen) atoms. The van der Waals surface area contributed by atoms with Crippen LogP contribution in [0, 0.1) is 8.99 Å². The van der Waals surface area contributed by atoms with Crippen LogP contribution in [-0.4, -0.2) is 6.04 Å². The molecule has 0 radical (unpaired) electrons. The number of hydrogen-bond donors (Lipinski definition) is 1. The summed E-state index contributed by atoms with van der Waals surface area (Å²) in [6.45, 7) is 0. The van der Waals surface area contributed by atoms with Gasteiger partial charge in [-0.1, -0.05) is 19.3 Å². The molecule has 0 amide bonds. The van der Waals surface area contributed by atoms with E-state index in [1.165, 1.54) is 58.7 Å². The largest absolute Gasteiger partial charge is 0.382 e. The Morgan fingerprint density at radius 3 is 2.56 bits per heavy atom. The lowest BCUT2D eigenvalue weighted by Gasteiger charge is -2.52. The fraction of sp³-hybridized carbons (Fsp3) is 0.600. The van der Waals surface area contributed by atoms with Gasteiger partial charge in [0.15, 0.2) is 0 Å². The van der Waals surface area contributed by atoms with Crippen molar-refractivity contribution < 1.29 is 0 Å². The SMILES string of the molecule is Brc1ccc(NC2CCC23CCCCC3)cc1I. The predicted octanol–water partition coefficient (Wildman–Crippen LogP) is 5.58. The Balaban J connectivity index is 1.70. The monoisotopic (exact) mass is 419 g/mol. The van der Waals surface area contributed by atoms with E-state index in [0.29, 0.717) is 5.41 Å². The number of hydrogen-bond acceptors (Lipinski definition) is 1. The van der Waals surface area contributed by atoms with Gasteiger partial charge in [0.1, 0.15) is 0 Å². The molecule has 98 valence electrons. The molecule has 1 N–H and O–H groups in total. The summed E-state index contributed by atoms with van der Waals surface area (Å²) in [5.41, 5.74) is 1.92. The van der Waals surface area contributed by atoms with E-state index in [-0.39, 0.29) is 0 Å². The Morgan fingerprint density at radius 1 is 1.17 bits per heavy atom. The Bertz CT molecular complexity index is 440. The molecule has 0 bridgehead atoms. The van der Waals surface area contributed by atoms with Gasteiger partial charge in [-0.2, -0.15) is 0 Å². The number of anilines is 1. The van der Waals surface area contributed by atoms with Gasteiger partial charge in [0.2, 0.25) is 0 Å². The summed E-state index contributed by atoms with van der Waals surface area (Å²) in [5, 5.41) is 3.78. The van der Waals surface area contributed by atoms with Crippen molar-refractivity contribution in [2.24, 2.45) is 5.41 Å². The minimum atomic E-state index is 0.636. The highest BCUT2D eigenvalue weighted by atomic mass is 127. The van der Waals surface area contributed by atoms with Gasteiger partial charge in [0.05, 0.1) is 0 Å². The van der Waals surface area contributed by atoms with Crippen molar-refractivity contribution in [1.82, 2.24) is 0 Å². The molecule has 3 rings (SSSR count). The smallest absolute Gasteiger partial charge is 0.0353 e. The van der Waals surface area contributed by atoms with Crippen molar-refractivity contribution >= 4 is 44.2 Å². The third-order valence-electron chi connectivity index (χ3n) is 4.78. The van der Waals surface area contributed by atoms with Crippen LogP contribution in [0.4, 0.5) is 5.69 Å². The molecule has 1 aromatic carbocycles. The van der Waals surface area contributed by atoms with Gasteiger partial charge in [-0.3, -0.25) is 0 Å². The van der Waals surface area contributed by atoms with Gasteiger partial charge in [-0.05, 0) is 87.8 Å². The average molecular weight is 420 g/mol. The van der Waals surface area contributed by atoms with Gasteiger partial charge in [-0.25, -0.2) is 0 Å². The maximum Gasteiger partial charge on any atom is 0.0353 e. The first kappa shape index (κ1) is 13.2. The van der Waals surface area contributed by atoms with Crippen LogP contribution in [0.25, 0.3) is 0 Å². The molecule has 0 aliphatic heterocycles. The summed E-state index contributed by atoms with van der Waals surface area (Å²) < 4.78 is 2.48. The predicted molar refractivity (Wildman–Crippen MR) is 89.0 cm³/mol. The summed E-state index contributed by atoms with van der Waals surface area (Å²) in [6, 6.07) is 7.31. The molecular weight excluding hydrogens is 401 g/mol. The molecule has 0 aromatic heterocycles. The second kappa shape index (κ2) is 5.31. The quantitative estimate of drug-likeness (QED) is 0.617. The molecule has 1 nitrogen and oxygen atoms in total. The molecule has 1 spiro atoms. The van der Waals surface area contributed by atoms with E-state index in [9.17, 15) is 0 Å². The maximum atomic E-state index is 3.78. The van der Waals surface area contributed by atoms with Crippen LogP contribution in [0.1, 0.15) is 44.9 Å². The Morgan fingerprint density at radius 2 is 1.94 bits per heavy atom. The van der Waals surface area contributed by atoms with Gasteiger partial charge in [0, 0.05) is 19.8 Å². The van der Waals surface area contributed by atoms with Crippen LogP contribution >= 0.6 is 38.5 Å². The molecule has 1 atom stereocenters. The Hall–Kier alpha value is 0.230. The normalized spacial score (nSPS) is 25.8. The van der Waals surface area contributed by atoms with Crippen LogP contribution in [-0.2, 0) is 0 Å². The van der Waals surface area contributed by atoms with E-state index in [4.69, 9.17) is 0 Å². The molecule has 2 aliphatic rings. The molecule has 2 aliphatic carbocycles. The van der Waals surface area contributed by atoms with Crippen molar-refractivity contribution in [2.45, 2.75) is 51.0 Å². The topological polar surface area (TPSA) is 12.0 Å². The van der Waals surface area contributed by atoms with E-state index >= 15 is 0 Å². The highest BCUT2D eigenvalue weighted by Gasteiger charge is 2.46. The molecular formula is C15H19BrIN. The molecule has 0 saturated heterocycles. The third kappa shape index (κ3) is 2.45. The zero-order valence-corrected chi connectivity index (χ0v) is 14.3. The van der Waals surface area contributed by atoms with E-state index in [1.807, 2.05) is 0 Å². The third-order valence-corrected chi connectivity index (χ3v) is 7.11. The second-order valence-electron chi connectivity index (χ2n) is 5.79. The van der Waals surface area contributed by atoms with Crippen LogP contribution in [0.15, 0.2) is 22.7 Å². The first-order valence-corrected chi connectivity index (χ1v) is 8.78. The number of halogens is 2. The Kier molecular flexibility index (Phi) is 3.90. The van der Waals surface area contributed by atoms with Crippen molar-refractivity contribution in [2.75, 3.05) is 5.32 Å². The van der Waals surface area contributed by atoms with Crippen molar-refractivity contribution in [3.05, 3.63) is 26.2 Å². The summed E-state index contributed by atoms with van der Waals surface area (Å²) in [4.78, 5) is 0. The van der Waals surface area contributed by atoms with E-state index < -0.39 is 0 Å². The first-order valence-electron chi connectivity index (χ1n) is 6.91. The maximum absolute atomic E-state index is 3.78. The highest BCUT2D eigenvalue weighted by Crippen LogP contribution is 2.52. The van der Waals surface area contributed by atoms with Gasteiger partial charge in [0.25, 0.3) is 0 Å². The van der Waals surface area contributed by atoms with E-state index in [1.54, 1.807) is 0 Å². The van der Waals surface area contributed by atoms with Crippen LogP contribution in [0.3, 0.4) is 0 Å². The first-order chi connectivity index (χ1) is 8.70. The Labute approximate surface area is 131 Å². The van der Waals surface area contributed by atoms with Crippen LogP contribution < -0.4 is 5.32 Å². The molecule has 2 saturated carbocycles. The summed E-state index contributed by atoms with van der Waals surface area (Å²) >= 11 is 5.95. The van der Waals surface area contributed by atoms with Crippen molar-refractivity contribution in [3.63, 3.8) is 0 Å². The molecule has 2 fully saturated rings. The fourth-order valence-electron chi connectivity index (χ4n) is 3.56. The zero-order chi connectivity index (χ0) is 12.6. The number of rotatable bonds is 2. The van der Waals surface area contributed by atoms with Gasteiger partial charge >= 0.3 is 0 Å². The zero-order valence-electron chi connectivity index (χ0n) is 10.5. The number of nitrogens with one attached hydrogen (secondary N) is 1. The van der Waals surface area contributed by atoms with Gasteiger partial charge < -0.3 is 5.32 Å². The average Bonchev–Trinajstić information content (AvgIpc) is 2.40. The summed E-state index contributed by atoms with van der Waals surface area (Å²) in [6.07, 6.45) is 10.0. The molecule has 1 aromatic rings. The fourth-order valence-corrected chi connectivity index (χ4v) is 4.33. The number of benzene rings is 1. The van der Waals surface area contributed by atoms with E-state index in [2.05, 4.69) is 62.0 Å². The van der Waals surface area contributed by atoms with Crippen LogP contribution in [0.5, 0.6) is 0 Å². The standard InChI is InChI=1S/C15H19BrIN/c16-12-5-4-11(10-13(12)17)18-14-6-9-15(14)7-2-1-3-8-15/h4-5,10,14,18H,1-3,6-9H2. The summed E-state index contributed by atoms with van der Waals surface area (Å²) in [7, 11) is 0. The van der Waals surface area contributed by atoms with Crippen LogP contribution in [0.2, 0.25) is 0 Å². The van der Waals surface area contributed by atoms with Crippen molar-refractivity contribution in [3.8, 4) is 0 Å². The molecule has 0 heterocycles. The molecule has 1 unspecified atom stereocenters. The second-order valence-corrected chi connectivity index (χ2v) is 7.80. The summed E-state index contributed by atoms with van der Waals surface area (Å²) in [5.74, 6) is 0. The van der Waals surface area contributed by atoms with Crippen molar-refractivity contribution in [1.29, 1.82) is 0 Å². The minimum Gasteiger partial charge on any atom is -0.382 e. The lowest BCUT2D eigenvalue weighted by molar-refractivity contribution is 0.0571. The lowest BCUT2D eigenvalue weighted by atomic mass is 9.57. The van der Waals surface area contributed by atoms with Gasteiger partial charge in [-0.15, -0.1) is 0 Å². The highest BCUT2D eigenvalue weighted by molar-refractivity contribution is 14.1. The lowest BCUT2D eigenvalue weighted by Crippen LogP contribution is -2.50. The van der Waals surface area contributed by atoms with E-state index in [0.717, 1.165) is 6.04 Å². The molecule has 3 heteroatoms.